The zero-order chi connectivity index (χ0) is 27.8. The third-order valence-electron chi connectivity index (χ3n) is 7.44. The molecular formula is C30H43N3O4S. The Morgan fingerprint density at radius 3 is 2.39 bits per heavy atom. The van der Waals surface area contributed by atoms with Crippen LogP contribution in [-0.4, -0.2) is 53.0 Å². The average Bonchev–Trinajstić information content (AvgIpc) is 2.89. The number of methoxy groups -OCH3 is 1. The summed E-state index contributed by atoms with van der Waals surface area (Å²) in [5.41, 5.74) is 0.768. The van der Waals surface area contributed by atoms with Gasteiger partial charge in [-0.05, 0) is 99.9 Å². The number of allylic oxidation sites excluding steroid dienone is 1. The molecule has 0 bridgehead atoms. The second-order valence-electron chi connectivity index (χ2n) is 11.1. The Kier molecular flexibility index (Phi) is 10.4. The average molecular weight is 542 g/mol. The van der Waals surface area contributed by atoms with Crippen LogP contribution in [0.5, 0.6) is 0 Å². The summed E-state index contributed by atoms with van der Waals surface area (Å²) in [6.07, 6.45) is 7.22. The molecule has 1 N–H and O–H groups in total. The SMILES string of the molecule is CCC(C)(CCOC)OCCC(C)(C)NS(=O)(=O)/C(C#N)=C/c1ccc2cc(N3CCCCC3)ccc2c1. The minimum Gasteiger partial charge on any atom is -0.385 e. The first-order valence-electron chi connectivity index (χ1n) is 13.6. The minimum atomic E-state index is -4.02. The van der Waals surface area contributed by atoms with E-state index in [2.05, 4.69) is 34.7 Å². The zero-order valence-electron chi connectivity index (χ0n) is 23.5. The molecule has 38 heavy (non-hydrogen) atoms. The van der Waals surface area contributed by atoms with Gasteiger partial charge in [-0.1, -0.05) is 25.1 Å². The number of nitriles is 1. The number of anilines is 1. The number of ether oxygens (including phenoxy) is 2. The smallest absolute Gasteiger partial charge is 0.251 e. The van der Waals surface area contributed by atoms with Crippen molar-refractivity contribution in [1.82, 2.24) is 4.72 Å². The lowest BCUT2D eigenvalue weighted by molar-refractivity contribution is -0.0572. The maximum Gasteiger partial charge on any atom is 0.251 e. The summed E-state index contributed by atoms with van der Waals surface area (Å²) < 4.78 is 40.3. The molecule has 1 heterocycles. The third-order valence-corrected chi connectivity index (χ3v) is 9.05. The molecule has 0 saturated carbocycles. The van der Waals surface area contributed by atoms with E-state index in [1.165, 1.54) is 31.0 Å². The summed E-state index contributed by atoms with van der Waals surface area (Å²) in [7, 11) is -2.36. The van der Waals surface area contributed by atoms with Gasteiger partial charge in [0.15, 0.2) is 4.91 Å². The molecule has 1 fully saturated rings. The molecule has 1 aliphatic heterocycles. The maximum atomic E-state index is 13.2. The van der Waals surface area contributed by atoms with Gasteiger partial charge in [-0.2, -0.15) is 5.26 Å². The summed E-state index contributed by atoms with van der Waals surface area (Å²) in [6, 6.07) is 14.0. The Labute approximate surface area is 228 Å². The molecular weight excluding hydrogens is 498 g/mol. The Morgan fingerprint density at radius 2 is 1.74 bits per heavy atom. The van der Waals surface area contributed by atoms with Crippen molar-refractivity contribution in [3.63, 3.8) is 0 Å². The van der Waals surface area contributed by atoms with Gasteiger partial charge < -0.3 is 14.4 Å². The van der Waals surface area contributed by atoms with Gasteiger partial charge in [-0.25, -0.2) is 13.1 Å². The molecule has 0 radical (unpaired) electrons. The molecule has 1 atom stereocenters. The van der Waals surface area contributed by atoms with Crippen molar-refractivity contribution in [3.05, 3.63) is 46.9 Å². The fraction of sp³-hybridized carbons (Fsp3) is 0.567. The molecule has 1 saturated heterocycles. The van der Waals surface area contributed by atoms with Gasteiger partial charge in [0.05, 0.1) is 5.60 Å². The Bertz CT molecular complexity index is 1260. The standard InChI is InChI=1S/C30H43N3O4S/c1-6-30(4,15-18-36-5)37-19-14-29(2,3)32-38(34,35)28(23-31)21-24-10-11-26-22-27(13-12-25(26)20-24)33-16-8-7-9-17-33/h10-13,20-22,32H,6-9,14-19H2,1-5H3/b28-21+. The maximum absolute atomic E-state index is 13.2. The second kappa shape index (κ2) is 13.1. The highest BCUT2D eigenvalue weighted by atomic mass is 32.2. The predicted octanol–water partition coefficient (Wildman–Crippen LogP) is 6.00. The monoisotopic (exact) mass is 541 g/mol. The van der Waals surface area contributed by atoms with Gasteiger partial charge in [0.2, 0.25) is 0 Å². The topological polar surface area (TPSA) is 91.7 Å². The summed E-state index contributed by atoms with van der Waals surface area (Å²) in [4.78, 5) is 2.10. The van der Waals surface area contributed by atoms with Crippen LogP contribution >= 0.6 is 0 Å². The fourth-order valence-electron chi connectivity index (χ4n) is 4.70. The van der Waals surface area contributed by atoms with Crippen LogP contribution in [0.1, 0.15) is 71.8 Å². The quantitative estimate of drug-likeness (QED) is 0.313. The lowest BCUT2D eigenvalue weighted by atomic mass is 9.98. The number of benzene rings is 2. The first-order valence-corrected chi connectivity index (χ1v) is 15.1. The second-order valence-corrected chi connectivity index (χ2v) is 12.7. The summed E-state index contributed by atoms with van der Waals surface area (Å²) in [5.74, 6) is 0. The number of hydrogen-bond acceptors (Lipinski definition) is 6. The first-order chi connectivity index (χ1) is 18.0. The van der Waals surface area contributed by atoms with E-state index >= 15 is 0 Å². The van der Waals surface area contributed by atoms with Gasteiger partial charge in [0.25, 0.3) is 10.0 Å². The van der Waals surface area contributed by atoms with Crippen molar-refractivity contribution in [3.8, 4) is 6.07 Å². The van der Waals surface area contributed by atoms with Crippen molar-refractivity contribution in [2.45, 2.75) is 77.4 Å². The highest BCUT2D eigenvalue weighted by Gasteiger charge is 2.30. The highest BCUT2D eigenvalue weighted by molar-refractivity contribution is 7.93. The molecule has 0 spiro atoms. The van der Waals surface area contributed by atoms with Crippen LogP contribution in [0, 0.1) is 11.3 Å². The van der Waals surface area contributed by atoms with E-state index in [1.54, 1.807) is 21.0 Å². The normalized spacial score (nSPS) is 16.8. The lowest BCUT2D eigenvalue weighted by Gasteiger charge is -2.31. The number of rotatable bonds is 13. The zero-order valence-corrected chi connectivity index (χ0v) is 24.4. The van der Waals surface area contributed by atoms with Gasteiger partial charge >= 0.3 is 0 Å². The van der Waals surface area contributed by atoms with Crippen molar-refractivity contribution >= 4 is 32.6 Å². The highest BCUT2D eigenvalue weighted by Crippen LogP contribution is 2.27. The predicted molar refractivity (Wildman–Crippen MR) is 155 cm³/mol. The summed E-state index contributed by atoms with van der Waals surface area (Å²) in [5, 5.41) is 11.8. The van der Waals surface area contributed by atoms with Gasteiger partial charge in [0.1, 0.15) is 6.07 Å². The largest absolute Gasteiger partial charge is 0.385 e. The number of piperidine rings is 1. The van der Waals surface area contributed by atoms with Crippen LogP contribution in [0.25, 0.3) is 16.8 Å². The summed E-state index contributed by atoms with van der Waals surface area (Å²) in [6.45, 7) is 10.9. The number of hydrogen-bond donors (Lipinski definition) is 1. The van der Waals surface area contributed by atoms with Crippen molar-refractivity contribution in [2.75, 3.05) is 38.3 Å². The Hall–Kier alpha value is -2.44. The van der Waals surface area contributed by atoms with E-state index in [4.69, 9.17) is 9.47 Å². The molecule has 8 heteroatoms. The Morgan fingerprint density at radius 1 is 1.05 bits per heavy atom. The molecule has 0 aliphatic carbocycles. The fourth-order valence-corrected chi connectivity index (χ4v) is 6.05. The number of nitrogens with one attached hydrogen (secondary N) is 1. The molecule has 0 aromatic heterocycles. The number of sulfonamides is 1. The van der Waals surface area contributed by atoms with Crippen LogP contribution in [0.4, 0.5) is 5.69 Å². The van der Waals surface area contributed by atoms with Gasteiger partial charge in [-0.15, -0.1) is 0 Å². The summed E-state index contributed by atoms with van der Waals surface area (Å²) >= 11 is 0. The van der Waals surface area contributed by atoms with Crippen LogP contribution in [-0.2, 0) is 19.5 Å². The minimum absolute atomic E-state index is 0.311. The number of nitrogens with zero attached hydrogens (tertiary/aromatic N) is 2. The molecule has 0 amide bonds. The van der Waals surface area contributed by atoms with E-state index < -0.39 is 15.6 Å². The van der Waals surface area contributed by atoms with E-state index in [1.807, 2.05) is 31.2 Å². The first kappa shape index (κ1) is 30.1. The van der Waals surface area contributed by atoms with E-state index in [0.717, 1.165) is 36.7 Å². The van der Waals surface area contributed by atoms with Gasteiger partial charge in [0, 0.05) is 44.6 Å². The van der Waals surface area contributed by atoms with Gasteiger partial charge in [-0.3, -0.25) is 0 Å². The molecule has 7 nitrogen and oxygen atoms in total. The van der Waals surface area contributed by atoms with Crippen LogP contribution in [0.3, 0.4) is 0 Å². The molecule has 208 valence electrons. The van der Waals surface area contributed by atoms with Crippen LogP contribution in [0.15, 0.2) is 41.3 Å². The lowest BCUT2D eigenvalue weighted by Crippen LogP contribution is -2.45. The van der Waals surface area contributed by atoms with E-state index in [9.17, 15) is 13.7 Å². The molecule has 1 aliphatic rings. The number of fused-ring (bicyclic) bond motifs is 1. The van der Waals surface area contributed by atoms with Crippen LogP contribution < -0.4 is 9.62 Å². The molecule has 1 unspecified atom stereocenters. The molecule has 2 aromatic rings. The van der Waals surface area contributed by atoms with Crippen molar-refractivity contribution in [2.24, 2.45) is 0 Å². The van der Waals surface area contributed by atoms with Crippen molar-refractivity contribution in [1.29, 1.82) is 5.26 Å². The molecule has 2 aromatic carbocycles. The van der Waals surface area contributed by atoms with E-state index in [-0.39, 0.29) is 10.5 Å². The molecule has 3 rings (SSSR count). The third kappa shape index (κ3) is 8.28. The Balaban J connectivity index is 1.70. The van der Waals surface area contributed by atoms with E-state index in [0.29, 0.717) is 25.2 Å². The van der Waals surface area contributed by atoms with Crippen molar-refractivity contribution < 1.29 is 17.9 Å². The van der Waals surface area contributed by atoms with Crippen LogP contribution in [0.2, 0.25) is 0 Å².